The number of hydrogen-bond donors (Lipinski definition) is 1. The van der Waals surface area contributed by atoms with E-state index in [0.717, 1.165) is 18.5 Å². The van der Waals surface area contributed by atoms with Crippen LogP contribution in [0, 0.1) is 5.92 Å². The van der Waals surface area contributed by atoms with Gasteiger partial charge in [0.2, 0.25) is 0 Å². The van der Waals surface area contributed by atoms with Crippen molar-refractivity contribution in [3.63, 3.8) is 0 Å². The third kappa shape index (κ3) is 2.96. The van der Waals surface area contributed by atoms with E-state index in [2.05, 4.69) is 18.7 Å². The van der Waals surface area contributed by atoms with Crippen LogP contribution in [0.5, 0.6) is 0 Å². The van der Waals surface area contributed by atoms with Gasteiger partial charge < -0.3 is 10.6 Å². The molecule has 2 heteroatoms. The van der Waals surface area contributed by atoms with Gasteiger partial charge in [0.25, 0.3) is 0 Å². The fourth-order valence-electron chi connectivity index (χ4n) is 2.62. The Morgan fingerprint density at radius 2 is 1.92 bits per heavy atom. The molecule has 2 unspecified atom stereocenters. The van der Waals surface area contributed by atoms with Crippen molar-refractivity contribution in [2.45, 2.75) is 45.6 Å². The van der Waals surface area contributed by atoms with Gasteiger partial charge in [-0.15, -0.1) is 0 Å². The molecular formula is C11H24N2. The first kappa shape index (κ1) is 11.0. The largest absolute Gasteiger partial charge is 0.330 e. The van der Waals surface area contributed by atoms with Crippen LogP contribution in [0.2, 0.25) is 0 Å². The summed E-state index contributed by atoms with van der Waals surface area (Å²) in [6.07, 6.45) is 5.42. The third-order valence-corrected chi connectivity index (χ3v) is 3.42. The van der Waals surface area contributed by atoms with Crippen molar-refractivity contribution in [3.05, 3.63) is 0 Å². The van der Waals surface area contributed by atoms with Gasteiger partial charge in [-0.3, -0.25) is 0 Å². The van der Waals surface area contributed by atoms with Gasteiger partial charge in [0.15, 0.2) is 0 Å². The molecule has 13 heavy (non-hydrogen) atoms. The Morgan fingerprint density at radius 3 is 2.46 bits per heavy atom. The van der Waals surface area contributed by atoms with E-state index in [0.29, 0.717) is 0 Å². The third-order valence-electron chi connectivity index (χ3n) is 3.42. The normalized spacial score (nSPS) is 28.6. The maximum atomic E-state index is 5.58. The van der Waals surface area contributed by atoms with Gasteiger partial charge in [-0.05, 0) is 51.2 Å². The van der Waals surface area contributed by atoms with Gasteiger partial charge in [-0.2, -0.15) is 0 Å². The maximum absolute atomic E-state index is 5.58. The molecule has 2 nitrogen and oxygen atoms in total. The fourth-order valence-corrected chi connectivity index (χ4v) is 2.62. The van der Waals surface area contributed by atoms with Crippen molar-refractivity contribution < 1.29 is 0 Å². The van der Waals surface area contributed by atoms with Crippen LogP contribution < -0.4 is 5.73 Å². The first-order chi connectivity index (χ1) is 6.31. The van der Waals surface area contributed by atoms with E-state index in [4.69, 9.17) is 5.73 Å². The predicted molar refractivity (Wildman–Crippen MR) is 57.7 cm³/mol. The van der Waals surface area contributed by atoms with Crippen LogP contribution in [0.4, 0.5) is 0 Å². The fraction of sp³-hybridized carbons (Fsp3) is 1.00. The van der Waals surface area contributed by atoms with Crippen molar-refractivity contribution in [2.75, 3.05) is 19.6 Å². The van der Waals surface area contributed by atoms with E-state index in [1.807, 2.05) is 0 Å². The highest BCUT2D eigenvalue weighted by atomic mass is 15.1. The number of nitrogens with zero attached hydrogens (tertiary/aromatic N) is 1. The Hall–Kier alpha value is -0.0800. The summed E-state index contributed by atoms with van der Waals surface area (Å²) in [5.74, 6) is 0.913. The van der Waals surface area contributed by atoms with E-state index in [1.54, 1.807) is 0 Å². The summed E-state index contributed by atoms with van der Waals surface area (Å²) in [7, 11) is 0. The van der Waals surface area contributed by atoms with Crippen LogP contribution in [-0.4, -0.2) is 30.6 Å². The highest BCUT2D eigenvalue weighted by Gasteiger charge is 2.26. The summed E-state index contributed by atoms with van der Waals surface area (Å²) >= 11 is 0. The number of rotatable bonds is 5. The molecule has 0 saturated heterocycles. The first-order valence-corrected chi connectivity index (χ1v) is 5.75. The maximum Gasteiger partial charge on any atom is 0.00977 e. The van der Waals surface area contributed by atoms with Crippen LogP contribution in [0.15, 0.2) is 0 Å². The van der Waals surface area contributed by atoms with Crippen molar-refractivity contribution in [2.24, 2.45) is 11.7 Å². The molecule has 0 radical (unpaired) electrons. The molecule has 1 rings (SSSR count). The summed E-state index contributed by atoms with van der Waals surface area (Å²) in [5, 5.41) is 0. The molecule has 0 aromatic carbocycles. The molecule has 1 aliphatic rings. The topological polar surface area (TPSA) is 29.3 Å². The second-order valence-electron chi connectivity index (χ2n) is 4.13. The molecule has 2 atom stereocenters. The van der Waals surface area contributed by atoms with E-state index < -0.39 is 0 Å². The lowest BCUT2D eigenvalue weighted by atomic mass is 10.0. The molecule has 0 bridgehead atoms. The van der Waals surface area contributed by atoms with E-state index in [-0.39, 0.29) is 0 Å². The minimum atomic E-state index is 0.853. The van der Waals surface area contributed by atoms with Gasteiger partial charge in [0.1, 0.15) is 0 Å². The minimum Gasteiger partial charge on any atom is -0.330 e. The molecule has 0 amide bonds. The molecular weight excluding hydrogens is 160 g/mol. The van der Waals surface area contributed by atoms with Crippen LogP contribution >= 0.6 is 0 Å². The molecule has 2 N–H and O–H groups in total. The Bertz CT molecular complexity index is 132. The lowest BCUT2D eigenvalue weighted by molar-refractivity contribution is 0.215. The smallest absolute Gasteiger partial charge is 0.00977 e. The summed E-state index contributed by atoms with van der Waals surface area (Å²) in [5.41, 5.74) is 5.58. The number of nitrogens with two attached hydrogens (primary N) is 1. The van der Waals surface area contributed by atoms with E-state index in [9.17, 15) is 0 Å². The lowest BCUT2D eigenvalue weighted by Gasteiger charge is -2.26. The zero-order valence-electron chi connectivity index (χ0n) is 9.13. The molecule has 0 aliphatic heterocycles. The quantitative estimate of drug-likeness (QED) is 0.706. The summed E-state index contributed by atoms with van der Waals surface area (Å²) in [6.45, 7) is 7.81. The second kappa shape index (κ2) is 5.61. The molecule has 0 heterocycles. The summed E-state index contributed by atoms with van der Waals surface area (Å²) in [4.78, 5) is 2.59. The van der Waals surface area contributed by atoms with Gasteiger partial charge in [0.05, 0.1) is 0 Å². The highest BCUT2D eigenvalue weighted by Crippen LogP contribution is 2.30. The van der Waals surface area contributed by atoms with Crippen molar-refractivity contribution in [1.29, 1.82) is 0 Å². The zero-order valence-corrected chi connectivity index (χ0v) is 9.13. The Labute approximate surface area is 82.5 Å². The van der Waals surface area contributed by atoms with Crippen LogP contribution in [-0.2, 0) is 0 Å². The van der Waals surface area contributed by atoms with E-state index in [1.165, 1.54) is 38.8 Å². The first-order valence-electron chi connectivity index (χ1n) is 5.75. The molecule has 1 saturated carbocycles. The average molecular weight is 184 g/mol. The van der Waals surface area contributed by atoms with Crippen LogP contribution in [0.1, 0.15) is 39.5 Å². The minimum absolute atomic E-state index is 0.853. The second-order valence-corrected chi connectivity index (χ2v) is 4.13. The predicted octanol–water partition coefficient (Wildman–Crippen LogP) is 1.85. The van der Waals surface area contributed by atoms with Crippen molar-refractivity contribution in [3.8, 4) is 0 Å². The van der Waals surface area contributed by atoms with Gasteiger partial charge >= 0.3 is 0 Å². The van der Waals surface area contributed by atoms with Gasteiger partial charge in [0, 0.05) is 6.04 Å². The molecule has 1 aliphatic carbocycles. The van der Waals surface area contributed by atoms with Crippen LogP contribution in [0.3, 0.4) is 0 Å². The van der Waals surface area contributed by atoms with Gasteiger partial charge in [-0.25, -0.2) is 0 Å². The Balaban J connectivity index is 2.30. The van der Waals surface area contributed by atoms with E-state index >= 15 is 0 Å². The van der Waals surface area contributed by atoms with Crippen molar-refractivity contribution in [1.82, 2.24) is 4.90 Å². The monoisotopic (exact) mass is 184 g/mol. The van der Waals surface area contributed by atoms with Crippen LogP contribution in [0.25, 0.3) is 0 Å². The molecule has 0 aromatic heterocycles. The molecule has 0 spiro atoms. The molecule has 78 valence electrons. The standard InChI is InChI=1S/C11H24N2/c1-3-13(4-2)11-6-5-10(9-11)7-8-12/h10-11H,3-9,12H2,1-2H3. The Kier molecular flexibility index (Phi) is 4.74. The Morgan fingerprint density at radius 1 is 1.23 bits per heavy atom. The van der Waals surface area contributed by atoms with Gasteiger partial charge in [-0.1, -0.05) is 13.8 Å². The summed E-state index contributed by atoms with van der Waals surface area (Å²) in [6, 6.07) is 0.853. The molecule has 0 aromatic rings. The number of hydrogen-bond acceptors (Lipinski definition) is 2. The van der Waals surface area contributed by atoms with Crippen molar-refractivity contribution >= 4 is 0 Å². The molecule has 1 fully saturated rings. The average Bonchev–Trinajstić information content (AvgIpc) is 2.56. The lowest BCUT2D eigenvalue weighted by Crippen LogP contribution is -2.33. The SMILES string of the molecule is CCN(CC)C1CCC(CCN)C1. The highest BCUT2D eigenvalue weighted by molar-refractivity contribution is 4.82. The zero-order chi connectivity index (χ0) is 9.68. The summed E-state index contributed by atoms with van der Waals surface area (Å²) < 4.78 is 0.